The van der Waals surface area contributed by atoms with Crippen molar-refractivity contribution in [2.75, 3.05) is 0 Å². The Morgan fingerprint density at radius 1 is 0.727 bits per heavy atom. The lowest BCUT2D eigenvalue weighted by atomic mass is 10.1. The third-order valence-corrected chi connectivity index (χ3v) is 3.07. The zero-order chi connectivity index (χ0) is 16.5. The molecule has 0 aliphatic carbocycles. The van der Waals surface area contributed by atoms with Gasteiger partial charge in [-0.3, -0.25) is 9.59 Å². The number of unbranched alkanes of at least 4 members (excludes halogenated alkanes) is 6. The molecule has 126 valence electrons. The molecule has 22 heavy (non-hydrogen) atoms. The zero-order valence-corrected chi connectivity index (χ0v) is 14.0. The molecule has 0 aromatic carbocycles. The van der Waals surface area contributed by atoms with E-state index in [0.717, 1.165) is 32.1 Å². The van der Waals surface area contributed by atoms with Crippen LogP contribution < -0.4 is 0 Å². The van der Waals surface area contributed by atoms with E-state index in [0.29, 0.717) is 0 Å². The summed E-state index contributed by atoms with van der Waals surface area (Å²) in [6.45, 7) is 4.27. The van der Waals surface area contributed by atoms with Crippen LogP contribution in [0.1, 0.15) is 78.1 Å². The number of hydrogen-bond donors (Lipinski definition) is 0. The zero-order valence-electron chi connectivity index (χ0n) is 14.0. The number of carbonyl (C=O) groups excluding carboxylic acids is 2. The highest BCUT2D eigenvalue weighted by Crippen LogP contribution is 2.03. The highest BCUT2D eigenvalue weighted by Gasteiger charge is 2.07. The van der Waals surface area contributed by atoms with Crippen LogP contribution >= 0.6 is 0 Å². The summed E-state index contributed by atoms with van der Waals surface area (Å²) in [5.41, 5.74) is 0. The maximum absolute atomic E-state index is 11.4. The van der Waals surface area contributed by atoms with E-state index in [-0.39, 0.29) is 12.8 Å². The van der Waals surface area contributed by atoms with Crippen molar-refractivity contribution in [3.63, 3.8) is 0 Å². The van der Waals surface area contributed by atoms with Crippen molar-refractivity contribution >= 4 is 11.9 Å². The van der Waals surface area contributed by atoms with Crippen LogP contribution in [0.2, 0.25) is 0 Å². The Kier molecular flexibility index (Phi) is 14.7. The molecule has 0 spiro atoms. The Balaban J connectivity index is 3.57. The first-order valence-corrected chi connectivity index (χ1v) is 8.39. The predicted octanol–water partition coefficient (Wildman–Crippen LogP) is 5.04. The molecule has 0 amide bonds. The molecule has 0 saturated heterocycles. The predicted molar refractivity (Wildman–Crippen MR) is 88.0 cm³/mol. The lowest BCUT2D eigenvalue weighted by Gasteiger charge is -1.99. The second kappa shape index (κ2) is 15.8. The second-order valence-electron chi connectivity index (χ2n) is 5.21. The van der Waals surface area contributed by atoms with Crippen LogP contribution in [0, 0.1) is 0 Å². The highest BCUT2D eigenvalue weighted by atomic mass is 16.5. The Hall–Kier alpha value is -1.58. The molecule has 0 fully saturated rings. The minimum absolute atomic E-state index is 0.0429. The van der Waals surface area contributed by atoms with E-state index in [4.69, 9.17) is 9.47 Å². The molecule has 0 radical (unpaired) electrons. The van der Waals surface area contributed by atoms with Crippen molar-refractivity contribution in [3.05, 3.63) is 24.7 Å². The van der Waals surface area contributed by atoms with Crippen molar-refractivity contribution in [2.45, 2.75) is 78.1 Å². The molecule has 0 aliphatic heterocycles. The van der Waals surface area contributed by atoms with Gasteiger partial charge in [0.15, 0.2) is 0 Å². The molecule has 0 aromatic rings. The van der Waals surface area contributed by atoms with Crippen LogP contribution in [0.25, 0.3) is 0 Å². The van der Waals surface area contributed by atoms with Gasteiger partial charge < -0.3 is 9.47 Å². The normalized spacial score (nSPS) is 11.2. The fraction of sp³-hybridized carbons (Fsp3) is 0.667. The van der Waals surface area contributed by atoms with Gasteiger partial charge in [-0.05, 0) is 37.8 Å². The van der Waals surface area contributed by atoms with Crippen LogP contribution in [0.15, 0.2) is 24.7 Å². The van der Waals surface area contributed by atoms with Gasteiger partial charge in [0.1, 0.15) is 0 Å². The van der Waals surface area contributed by atoms with Crippen molar-refractivity contribution in [1.82, 2.24) is 0 Å². The maximum Gasteiger partial charge on any atom is 0.311 e. The van der Waals surface area contributed by atoms with E-state index >= 15 is 0 Å². The van der Waals surface area contributed by atoms with Gasteiger partial charge in [-0.15, -0.1) is 0 Å². The third-order valence-electron chi connectivity index (χ3n) is 3.07. The molecule has 0 saturated carbocycles. The fourth-order valence-corrected chi connectivity index (χ4v) is 1.72. The van der Waals surface area contributed by atoms with Gasteiger partial charge in [0, 0.05) is 0 Å². The number of rotatable bonds is 13. The Morgan fingerprint density at radius 2 is 1.23 bits per heavy atom. The number of esters is 2. The minimum Gasteiger partial charge on any atom is -0.435 e. The molecular formula is C18H30O4. The van der Waals surface area contributed by atoms with Gasteiger partial charge in [0.05, 0.1) is 25.4 Å². The molecule has 0 bridgehead atoms. The minimum atomic E-state index is -0.409. The van der Waals surface area contributed by atoms with Gasteiger partial charge in [-0.1, -0.05) is 39.5 Å². The van der Waals surface area contributed by atoms with Gasteiger partial charge >= 0.3 is 11.9 Å². The van der Waals surface area contributed by atoms with Gasteiger partial charge in [-0.25, -0.2) is 0 Å². The summed E-state index contributed by atoms with van der Waals surface area (Å²) in [5.74, 6) is -0.815. The van der Waals surface area contributed by atoms with Crippen LogP contribution in [-0.2, 0) is 19.1 Å². The van der Waals surface area contributed by atoms with Crippen LogP contribution in [0.5, 0.6) is 0 Å². The number of carbonyl (C=O) groups is 2. The molecular weight excluding hydrogens is 280 g/mol. The summed E-state index contributed by atoms with van der Waals surface area (Å²) in [4.78, 5) is 22.8. The first-order chi connectivity index (χ1) is 10.7. The SMILES string of the molecule is CCCCC=COC(=O)CCC(=O)OC=CCCCCCC. The maximum atomic E-state index is 11.4. The molecule has 0 aliphatic rings. The molecule has 4 nitrogen and oxygen atoms in total. The van der Waals surface area contributed by atoms with Crippen molar-refractivity contribution in [3.8, 4) is 0 Å². The lowest BCUT2D eigenvalue weighted by Crippen LogP contribution is -2.06. The standard InChI is InChI=1S/C18H30O4/c1-3-5-7-9-10-12-16-22-18(20)14-13-17(19)21-15-11-8-6-4-2/h11-12,15-16H,3-10,13-14H2,1-2H3. The third kappa shape index (κ3) is 14.8. The average Bonchev–Trinajstić information content (AvgIpc) is 2.52. The monoisotopic (exact) mass is 310 g/mol. The van der Waals surface area contributed by atoms with Gasteiger partial charge in [-0.2, -0.15) is 0 Å². The van der Waals surface area contributed by atoms with E-state index in [9.17, 15) is 9.59 Å². The molecule has 0 atom stereocenters. The molecule has 0 aromatic heterocycles. The van der Waals surface area contributed by atoms with E-state index in [1.165, 1.54) is 31.8 Å². The fourth-order valence-electron chi connectivity index (χ4n) is 1.72. The highest BCUT2D eigenvalue weighted by molar-refractivity contribution is 5.78. The van der Waals surface area contributed by atoms with Crippen molar-refractivity contribution in [2.24, 2.45) is 0 Å². The van der Waals surface area contributed by atoms with E-state index in [1.54, 1.807) is 0 Å². The van der Waals surface area contributed by atoms with Gasteiger partial charge in [0.25, 0.3) is 0 Å². The molecule has 0 unspecified atom stereocenters. The van der Waals surface area contributed by atoms with E-state index in [1.807, 2.05) is 12.2 Å². The van der Waals surface area contributed by atoms with Gasteiger partial charge in [0.2, 0.25) is 0 Å². The summed E-state index contributed by atoms with van der Waals surface area (Å²) in [6, 6.07) is 0. The van der Waals surface area contributed by atoms with E-state index < -0.39 is 11.9 Å². The first kappa shape index (κ1) is 20.4. The second-order valence-corrected chi connectivity index (χ2v) is 5.21. The molecule has 0 heterocycles. The van der Waals surface area contributed by atoms with E-state index in [2.05, 4.69) is 13.8 Å². The smallest absolute Gasteiger partial charge is 0.311 e. The number of ether oxygens (including phenoxy) is 2. The van der Waals surface area contributed by atoms with Crippen LogP contribution in [0.4, 0.5) is 0 Å². The number of hydrogen-bond acceptors (Lipinski definition) is 4. The topological polar surface area (TPSA) is 52.6 Å². The summed E-state index contributed by atoms with van der Waals surface area (Å²) in [7, 11) is 0. The largest absolute Gasteiger partial charge is 0.435 e. The van der Waals surface area contributed by atoms with Crippen molar-refractivity contribution in [1.29, 1.82) is 0 Å². The first-order valence-electron chi connectivity index (χ1n) is 8.39. The number of allylic oxidation sites excluding steroid dienone is 2. The summed E-state index contributed by atoms with van der Waals surface area (Å²) >= 11 is 0. The average molecular weight is 310 g/mol. The molecule has 0 rings (SSSR count). The quantitative estimate of drug-likeness (QED) is 0.272. The Morgan fingerprint density at radius 3 is 1.73 bits per heavy atom. The summed E-state index contributed by atoms with van der Waals surface area (Å²) in [5, 5.41) is 0. The van der Waals surface area contributed by atoms with Crippen LogP contribution in [-0.4, -0.2) is 11.9 Å². The lowest BCUT2D eigenvalue weighted by molar-refractivity contribution is -0.144. The Bertz CT molecular complexity index is 345. The summed E-state index contributed by atoms with van der Waals surface area (Å²) < 4.78 is 9.79. The summed E-state index contributed by atoms with van der Waals surface area (Å²) in [6.07, 6.45) is 15.3. The molecule has 4 heteroatoms. The van der Waals surface area contributed by atoms with Crippen molar-refractivity contribution < 1.29 is 19.1 Å². The Labute approximate surface area is 134 Å². The molecule has 0 N–H and O–H groups in total. The van der Waals surface area contributed by atoms with Crippen LogP contribution in [0.3, 0.4) is 0 Å².